The summed E-state index contributed by atoms with van der Waals surface area (Å²) in [6.45, 7) is 2.60. The van der Waals surface area contributed by atoms with Crippen LogP contribution in [0.4, 0.5) is 0 Å². The molecule has 1 unspecified atom stereocenters. The number of carbonyl (C=O) groups excluding carboxylic acids is 1. The maximum Gasteiger partial charge on any atom is 0.233 e. The topological polar surface area (TPSA) is 72.7 Å². The van der Waals surface area contributed by atoms with E-state index in [2.05, 4.69) is 38.3 Å². The second-order valence-electron chi connectivity index (χ2n) is 7.75. The Kier molecular flexibility index (Phi) is 6.47. The number of aromatic nitrogens is 4. The van der Waals surface area contributed by atoms with Crippen molar-refractivity contribution in [3.05, 3.63) is 66.0 Å². The average molecular weight is 482 g/mol. The standard InChI is InChI=1S/C23H23N5OS3/c1-15(21(29)24-17-11-12-17)31-22-27-26-20(28(22)13-16-7-3-2-4-8-16)14-30-23-25-18-9-5-6-10-19(18)32-23/h2-10,15,17H,11-14H2,1H3,(H,24,29). The molecule has 32 heavy (non-hydrogen) atoms. The summed E-state index contributed by atoms with van der Waals surface area (Å²) < 4.78 is 4.33. The van der Waals surface area contributed by atoms with Gasteiger partial charge >= 0.3 is 0 Å². The molecule has 0 spiro atoms. The summed E-state index contributed by atoms with van der Waals surface area (Å²) in [5, 5.41) is 12.6. The normalized spacial score (nSPS) is 14.5. The third-order valence-electron chi connectivity index (χ3n) is 5.15. The first-order valence-corrected chi connectivity index (χ1v) is 13.3. The minimum absolute atomic E-state index is 0.0668. The predicted molar refractivity (Wildman–Crippen MR) is 131 cm³/mol. The van der Waals surface area contributed by atoms with Gasteiger partial charge in [-0.3, -0.25) is 4.79 Å². The van der Waals surface area contributed by atoms with Gasteiger partial charge in [-0.15, -0.1) is 21.5 Å². The summed E-state index contributed by atoms with van der Waals surface area (Å²) >= 11 is 4.84. The van der Waals surface area contributed by atoms with Gasteiger partial charge in [0.25, 0.3) is 0 Å². The van der Waals surface area contributed by atoms with Crippen LogP contribution in [0.2, 0.25) is 0 Å². The van der Waals surface area contributed by atoms with E-state index in [1.807, 2.05) is 43.3 Å². The molecular formula is C23H23N5OS3. The lowest BCUT2D eigenvalue weighted by Crippen LogP contribution is -2.32. The SMILES string of the molecule is CC(Sc1nnc(CSc2nc3ccccc3s2)n1Cc1ccccc1)C(=O)NC1CC1. The number of thioether (sulfide) groups is 2. The van der Waals surface area contributed by atoms with Gasteiger partial charge in [-0.25, -0.2) is 4.98 Å². The van der Waals surface area contributed by atoms with Gasteiger partial charge in [0.15, 0.2) is 9.50 Å². The number of amides is 1. The number of nitrogens with zero attached hydrogens (tertiary/aromatic N) is 4. The van der Waals surface area contributed by atoms with E-state index in [1.54, 1.807) is 23.1 Å². The van der Waals surface area contributed by atoms with E-state index in [0.29, 0.717) is 18.3 Å². The van der Waals surface area contributed by atoms with E-state index in [0.717, 1.165) is 33.7 Å². The first-order chi connectivity index (χ1) is 15.7. The van der Waals surface area contributed by atoms with Crippen molar-refractivity contribution in [2.24, 2.45) is 0 Å². The molecule has 0 radical (unpaired) electrons. The number of hydrogen-bond donors (Lipinski definition) is 1. The van der Waals surface area contributed by atoms with Gasteiger partial charge in [-0.05, 0) is 37.5 Å². The maximum absolute atomic E-state index is 12.5. The van der Waals surface area contributed by atoms with Gasteiger partial charge in [0.05, 0.1) is 27.8 Å². The number of rotatable bonds is 9. The van der Waals surface area contributed by atoms with E-state index in [1.165, 1.54) is 22.0 Å². The second kappa shape index (κ2) is 9.64. The van der Waals surface area contributed by atoms with Crippen molar-refractivity contribution in [2.45, 2.75) is 52.9 Å². The number of benzene rings is 2. The van der Waals surface area contributed by atoms with Gasteiger partial charge in [-0.2, -0.15) is 0 Å². The third kappa shape index (κ3) is 5.16. The van der Waals surface area contributed by atoms with Crippen LogP contribution in [0.1, 0.15) is 31.2 Å². The average Bonchev–Trinajstić information content (AvgIpc) is 3.40. The quantitative estimate of drug-likeness (QED) is 0.340. The fourth-order valence-electron chi connectivity index (χ4n) is 3.23. The Morgan fingerprint density at radius 3 is 2.72 bits per heavy atom. The Balaban J connectivity index is 1.35. The molecule has 1 aliphatic rings. The van der Waals surface area contributed by atoms with Crippen molar-refractivity contribution in [3.8, 4) is 0 Å². The van der Waals surface area contributed by atoms with Crippen LogP contribution in [-0.4, -0.2) is 36.9 Å². The molecule has 2 heterocycles. The number of fused-ring (bicyclic) bond motifs is 1. The third-order valence-corrected chi connectivity index (χ3v) is 8.41. The molecule has 4 aromatic rings. The van der Waals surface area contributed by atoms with E-state index in [4.69, 9.17) is 4.98 Å². The molecule has 0 bridgehead atoms. The van der Waals surface area contributed by atoms with Crippen LogP contribution in [0.3, 0.4) is 0 Å². The molecule has 1 atom stereocenters. The minimum atomic E-state index is -0.223. The van der Waals surface area contributed by atoms with Gasteiger partial charge in [0.2, 0.25) is 5.91 Å². The molecule has 0 saturated heterocycles. The lowest BCUT2D eigenvalue weighted by molar-refractivity contribution is -0.120. The number of hydrogen-bond acceptors (Lipinski definition) is 7. The number of carbonyl (C=O) groups is 1. The summed E-state index contributed by atoms with van der Waals surface area (Å²) in [6.07, 6.45) is 2.17. The number of nitrogens with one attached hydrogen (secondary N) is 1. The Morgan fingerprint density at radius 1 is 1.16 bits per heavy atom. The fraction of sp³-hybridized carbons (Fsp3) is 0.304. The summed E-state index contributed by atoms with van der Waals surface area (Å²) in [5.74, 6) is 1.62. The molecule has 164 valence electrons. The van der Waals surface area contributed by atoms with Gasteiger partial charge in [0.1, 0.15) is 5.82 Å². The van der Waals surface area contributed by atoms with Crippen molar-refractivity contribution < 1.29 is 4.79 Å². The second-order valence-corrected chi connectivity index (χ2v) is 11.3. The van der Waals surface area contributed by atoms with E-state index in [-0.39, 0.29) is 11.2 Å². The Bertz CT molecular complexity index is 1190. The molecule has 6 nitrogen and oxygen atoms in total. The van der Waals surface area contributed by atoms with Crippen LogP contribution >= 0.6 is 34.9 Å². The van der Waals surface area contributed by atoms with E-state index < -0.39 is 0 Å². The highest BCUT2D eigenvalue weighted by Gasteiger charge is 2.27. The zero-order valence-corrected chi connectivity index (χ0v) is 20.1. The largest absolute Gasteiger partial charge is 0.352 e. The highest BCUT2D eigenvalue weighted by atomic mass is 32.2. The minimum Gasteiger partial charge on any atom is -0.352 e. The van der Waals surface area contributed by atoms with Crippen LogP contribution in [0.5, 0.6) is 0 Å². The Labute approximate surface area is 199 Å². The smallest absolute Gasteiger partial charge is 0.233 e. The Morgan fingerprint density at radius 2 is 1.94 bits per heavy atom. The zero-order valence-electron chi connectivity index (χ0n) is 17.6. The highest BCUT2D eigenvalue weighted by molar-refractivity contribution is 8.00. The van der Waals surface area contributed by atoms with Crippen molar-refractivity contribution in [1.29, 1.82) is 0 Å². The molecule has 0 aliphatic heterocycles. The molecule has 9 heteroatoms. The molecule has 2 aromatic heterocycles. The zero-order chi connectivity index (χ0) is 21.9. The van der Waals surface area contributed by atoms with Crippen LogP contribution in [0.15, 0.2) is 64.1 Å². The van der Waals surface area contributed by atoms with Crippen LogP contribution in [0, 0.1) is 0 Å². The molecule has 2 aromatic carbocycles. The Hall–Kier alpha value is -2.36. The van der Waals surface area contributed by atoms with Crippen molar-refractivity contribution in [1.82, 2.24) is 25.1 Å². The van der Waals surface area contributed by atoms with Gasteiger partial charge < -0.3 is 9.88 Å². The van der Waals surface area contributed by atoms with Crippen LogP contribution < -0.4 is 5.32 Å². The summed E-state index contributed by atoms with van der Waals surface area (Å²) in [7, 11) is 0. The number of para-hydroxylation sites is 1. The molecule has 1 saturated carbocycles. The van der Waals surface area contributed by atoms with Gasteiger partial charge in [-0.1, -0.05) is 66.0 Å². The predicted octanol–water partition coefficient (Wildman–Crippen LogP) is 4.99. The molecule has 1 N–H and O–H groups in total. The monoisotopic (exact) mass is 481 g/mol. The molecule has 1 amide bonds. The first-order valence-electron chi connectivity index (χ1n) is 10.6. The molecule has 5 rings (SSSR count). The van der Waals surface area contributed by atoms with Crippen molar-refractivity contribution in [2.75, 3.05) is 0 Å². The maximum atomic E-state index is 12.5. The van der Waals surface area contributed by atoms with Crippen molar-refractivity contribution >= 4 is 51.0 Å². The lowest BCUT2D eigenvalue weighted by atomic mass is 10.2. The van der Waals surface area contributed by atoms with Crippen LogP contribution in [-0.2, 0) is 17.1 Å². The summed E-state index contributed by atoms with van der Waals surface area (Å²) in [6, 6.07) is 18.8. The number of thiazole rings is 1. The molecule has 1 fully saturated rings. The van der Waals surface area contributed by atoms with Crippen LogP contribution in [0.25, 0.3) is 10.2 Å². The van der Waals surface area contributed by atoms with E-state index in [9.17, 15) is 4.79 Å². The molecule has 1 aliphatic carbocycles. The fourth-order valence-corrected chi connectivity index (χ4v) is 6.12. The van der Waals surface area contributed by atoms with Crippen molar-refractivity contribution in [3.63, 3.8) is 0 Å². The van der Waals surface area contributed by atoms with Gasteiger partial charge in [0, 0.05) is 6.04 Å². The highest BCUT2D eigenvalue weighted by Crippen LogP contribution is 2.32. The van der Waals surface area contributed by atoms with E-state index >= 15 is 0 Å². The summed E-state index contributed by atoms with van der Waals surface area (Å²) in [4.78, 5) is 17.2. The summed E-state index contributed by atoms with van der Waals surface area (Å²) in [5.41, 5.74) is 2.20. The first kappa shape index (κ1) is 21.5. The molecular weight excluding hydrogens is 458 g/mol. The lowest BCUT2D eigenvalue weighted by Gasteiger charge is -2.13.